The maximum Gasteiger partial charge on any atom is 0.315 e. The molecule has 88 valence electrons. The third-order valence-electron chi connectivity index (χ3n) is 1.87. The Kier molecular flexibility index (Phi) is 4.22. The van der Waals surface area contributed by atoms with Gasteiger partial charge in [0.25, 0.3) is 0 Å². The molecule has 0 aromatic heterocycles. The molecule has 0 aliphatic rings. The number of carbonyl (C=O) groups is 1. The number of benzene rings is 1. The van der Waals surface area contributed by atoms with E-state index in [4.69, 9.17) is 0 Å². The van der Waals surface area contributed by atoms with Crippen LogP contribution in [-0.4, -0.2) is 12.1 Å². The van der Waals surface area contributed by atoms with E-state index in [1.807, 2.05) is 13.8 Å². The van der Waals surface area contributed by atoms with Gasteiger partial charge in [0.05, 0.1) is 0 Å². The van der Waals surface area contributed by atoms with E-state index >= 15 is 0 Å². The number of halogens is 2. The number of hydrogen-bond donors (Lipinski definition) is 2. The highest BCUT2D eigenvalue weighted by Gasteiger charge is 2.06. The lowest BCUT2D eigenvalue weighted by molar-refractivity contribution is 0.238. The van der Waals surface area contributed by atoms with Gasteiger partial charge in [0.2, 0.25) is 0 Å². The molecule has 2 N–H and O–H groups in total. The highest BCUT2D eigenvalue weighted by atomic mass is 19.1. The second-order valence-corrected chi connectivity index (χ2v) is 3.72. The standard InChI is InChI=1S/C11H14F2N2O/c1-7(2)15-11(16)14-6-8-3-4-9(12)5-10(8)13/h3-5,7H,6H2,1-2H3,(H2,14,15,16). The van der Waals surface area contributed by atoms with E-state index in [0.717, 1.165) is 12.1 Å². The van der Waals surface area contributed by atoms with E-state index in [-0.39, 0.29) is 24.2 Å². The van der Waals surface area contributed by atoms with Crippen molar-refractivity contribution in [2.75, 3.05) is 0 Å². The number of urea groups is 1. The van der Waals surface area contributed by atoms with Gasteiger partial charge < -0.3 is 10.6 Å². The molecule has 0 aliphatic heterocycles. The van der Waals surface area contributed by atoms with E-state index in [1.165, 1.54) is 6.07 Å². The molecule has 1 rings (SSSR count). The van der Waals surface area contributed by atoms with Crippen LogP contribution in [0, 0.1) is 11.6 Å². The molecule has 1 aromatic carbocycles. The third kappa shape index (κ3) is 3.84. The third-order valence-corrected chi connectivity index (χ3v) is 1.87. The molecule has 16 heavy (non-hydrogen) atoms. The smallest absolute Gasteiger partial charge is 0.315 e. The van der Waals surface area contributed by atoms with Gasteiger partial charge in [0, 0.05) is 24.2 Å². The predicted octanol–water partition coefficient (Wildman–Crippen LogP) is 2.17. The highest BCUT2D eigenvalue weighted by Crippen LogP contribution is 2.08. The van der Waals surface area contributed by atoms with Gasteiger partial charge in [-0.25, -0.2) is 13.6 Å². The fourth-order valence-corrected chi connectivity index (χ4v) is 1.15. The molecule has 0 spiro atoms. The summed E-state index contributed by atoms with van der Waals surface area (Å²) in [5.74, 6) is -1.29. The van der Waals surface area contributed by atoms with E-state index < -0.39 is 11.6 Å². The summed E-state index contributed by atoms with van der Waals surface area (Å²) in [6.45, 7) is 3.67. The monoisotopic (exact) mass is 228 g/mol. The van der Waals surface area contributed by atoms with Crippen molar-refractivity contribution in [3.05, 3.63) is 35.4 Å². The molecule has 0 saturated carbocycles. The van der Waals surface area contributed by atoms with Gasteiger partial charge in [-0.15, -0.1) is 0 Å². The van der Waals surface area contributed by atoms with Gasteiger partial charge in [-0.1, -0.05) is 6.07 Å². The molecule has 0 aliphatic carbocycles. The Bertz CT molecular complexity index is 380. The summed E-state index contributed by atoms with van der Waals surface area (Å²) in [6.07, 6.45) is 0. The lowest BCUT2D eigenvalue weighted by Crippen LogP contribution is -2.39. The van der Waals surface area contributed by atoms with Gasteiger partial charge in [-0.3, -0.25) is 0 Å². The first-order valence-corrected chi connectivity index (χ1v) is 4.97. The minimum atomic E-state index is -0.662. The fourth-order valence-electron chi connectivity index (χ4n) is 1.15. The van der Waals surface area contributed by atoms with Gasteiger partial charge in [0.15, 0.2) is 0 Å². The molecule has 0 bridgehead atoms. The SMILES string of the molecule is CC(C)NC(=O)NCc1ccc(F)cc1F. The van der Waals surface area contributed by atoms with E-state index in [0.29, 0.717) is 0 Å². The molecule has 0 atom stereocenters. The van der Waals surface area contributed by atoms with Crippen LogP contribution in [0.1, 0.15) is 19.4 Å². The average Bonchev–Trinajstić information content (AvgIpc) is 2.15. The second kappa shape index (κ2) is 5.44. The molecule has 0 saturated heterocycles. The van der Waals surface area contributed by atoms with Crippen molar-refractivity contribution in [2.24, 2.45) is 0 Å². The summed E-state index contributed by atoms with van der Waals surface area (Å²) in [4.78, 5) is 11.2. The molecule has 2 amide bonds. The zero-order valence-corrected chi connectivity index (χ0v) is 9.18. The van der Waals surface area contributed by atoms with Gasteiger partial charge in [-0.05, 0) is 19.9 Å². The average molecular weight is 228 g/mol. The van der Waals surface area contributed by atoms with Crippen LogP contribution in [-0.2, 0) is 6.54 Å². The minimum Gasteiger partial charge on any atom is -0.336 e. The van der Waals surface area contributed by atoms with Crippen LogP contribution in [0.2, 0.25) is 0 Å². The summed E-state index contributed by atoms with van der Waals surface area (Å²) in [5, 5.41) is 5.08. The van der Waals surface area contributed by atoms with E-state index in [2.05, 4.69) is 10.6 Å². The zero-order chi connectivity index (χ0) is 12.1. The summed E-state index contributed by atoms with van der Waals surface area (Å²) < 4.78 is 25.7. The van der Waals surface area contributed by atoms with Crippen molar-refractivity contribution in [3.63, 3.8) is 0 Å². The topological polar surface area (TPSA) is 41.1 Å². The molecule has 0 radical (unpaired) electrons. The highest BCUT2D eigenvalue weighted by molar-refractivity contribution is 5.74. The molecule has 5 heteroatoms. The summed E-state index contributed by atoms with van der Waals surface area (Å²) in [7, 11) is 0. The lowest BCUT2D eigenvalue weighted by Gasteiger charge is -2.10. The van der Waals surface area contributed by atoms with Crippen molar-refractivity contribution in [3.8, 4) is 0 Å². The Hall–Kier alpha value is -1.65. The van der Waals surface area contributed by atoms with Crippen LogP contribution in [0.4, 0.5) is 13.6 Å². The number of nitrogens with one attached hydrogen (secondary N) is 2. The molecular formula is C11H14F2N2O. The minimum absolute atomic E-state index is 0.0121. The van der Waals surface area contributed by atoms with E-state index in [9.17, 15) is 13.6 Å². The normalized spacial score (nSPS) is 10.3. The van der Waals surface area contributed by atoms with Gasteiger partial charge in [-0.2, -0.15) is 0 Å². The Labute approximate surface area is 92.8 Å². The van der Waals surface area contributed by atoms with Crippen LogP contribution in [0.15, 0.2) is 18.2 Å². The first kappa shape index (κ1) is 12.4. The van der Waals surface area contributed by atoms with Crippen LogP contribution < -0.4 is 10.6 Å². The number of carbonyl (C=O) groups excluding carboxylic acids is 1. The summed E-state index contributed by atoms with van der Waals surface area (Å²) >= 11 is 0. The molecule has 0 unspecified atom stereocenters. The maximum atomic E-state index is 13.2. The number of amides is 2. The Morgan fingerprint density at radius 3 is 2.62 bits per heavy atom. The Morgan fingerprint density at radius 1 is 1.38 bits per heavy atom. The first-order chi connectivity index (χ1) is 7.49. The van der Waals surface area contributed by atoms with Crippen molar-refractivity contribution < 1.29 is 13.6 Å². The molecule has 1 aromatic rings. The molecule has 0 fully saturated rings. The van der Waals surface area contributed by atoms with Crippen LogP contribution >= 0.6 is 0 Å². The predicted molar refractivity (Wildman–Crippen MR) is 56.9 cm³/mol. The fraction of sp³-hybridized carbons (Fsp3) is 0.364. The van der Waals surface area contributed by atoms with Crippen LogP contribution in [0.3, 0.4) is 0 Å². The van der Waals surface area contributed by atoms with Crippen molar-refractivity contribution in [1.29, 1.82) is 0 Å². The summed E-state index contributed by atoms with van der Waals surface area (Å²) in [6, 6.07) is 2.88. The first-order valence-electron chi connectivity index (χ1n) is 4.97. The quantitative estimate of drug-likeness (QED) is 0.817. The largest absolute Gasteiger partial charge is 0.336 e. The van der Waals surface area contributed by atoms with E-state index in [1.54, 1.807) is 0 Å². The molecule has 0 heterocycles. The molecular weight excluding hydrogens is 214 g/mol. The summed E-state index contributed by atoms with van der Waals surface area (Å²) in [5.41, 5.74) is 0.250. The zero-order valence-electron chi connectivity index (χ0n) is 9.18. The maximum absolute atomic E-state index is 13.2. The van der Waals surface area contributed by atoms with Crippen LogP contribution in [0.25, 0.3) is 0 Å². The second-order valence-electron chi connectivity index (χ2n) is 3.72. The number of hydrogen-bond acceptors (Lipinski definition) is 1. The Balaban J connectivity index is 2.51. The lowest BCUT2D eigenvalue weighted by atomic mass is 10.2. The molecule has 3 nitrogen and oxygen atoms in total. The Morgan fingerprint density at radius 2 is 2.06 bits per heavy atom. The number of rotatable bonds is 3. The van der Waals surface area contributed by atoms with Crippen molar-refractivity contribution >= 4 is 6.03 Å². The van der Waals surface area contributed by atoms with Crippen LogP contribution in [0.5, 0.6) is 0 Å². The van der Waals surface area contributed by atoms with Crippen molar-refractivity contribution in [2.45, 2.75) is 26.4 Å². The van der Waals surface area contributed by atoms with Gasteiger partial charge in [0.1, 0.15) is 11.6 Å². The van der Waals surface area contributed by atoms with Gasteiger partial charge >= 0.3 is 6.03 Å². The van der Waals surface area contributed by atoms with Crippen molar-refractivity contribution in [1.82, 2.24) is 10.6 Å².